The minimum Gasteiger partial charge on any atom is -0.396 e. The molecule has 0 saturated heterocycles. The molecule has 0 aromatic carbocycles. The molecule has 0 aliphatic heterocycles. The summed E-state index contributed by atoms with van der Waals surface area (Å²) >= 11 is 0. The molecule has 2 nitrogen and oxygen atoms in total. The smallest absolute Gasteiger partial charge is 0.0678 e. The molecule has 5 aliphatic rings. The Morgan fingerprint density at radius 1 is 1.00 bits per heavy atom. The van der Waals surface area contributed by atoms with E-state index in [0.29, 0.717) is 29.3 Å². The summed E-state index contributed by atoms with van der Waals surface area (Å²) in [5.74, 6) is 1.99. The van der Waals surface area contributed by atoms with Gasteiger partial charge < -0.3 is 10.2 Å². The van der Waals surface area contributed by atoms with Crippen LogP contribution in [0.2, 0.25) is 0 Å². The molecular weight excluding hydrogens is 284 g/mol. The molecular formula is C21H36O2. The quantitative estimate of drug-likeness (QED) is 0.784. The van der Waals surface area contributed by atoms with Gasteiger partial charge in [0.1, 0.15) is 0 Å². The summed E-state index contributed by atoms with van der Waals surface area (Å²) in [6.45, 7) is 7.44. The molecule has 2 N–H and O–H groups in total. The van der Waals surface area contributed by atoms with Crippen LogP contribution in [0, 0.1) is 34.0 Å². The molecule has 1 spiro atoms. The van der Waals surface area contributed by atoms with Gasteiger partial charge in [-0.05, 0) is 91.8 Å². The van der Waals surface area contributed by atoms with Gasteiger partial charge in [-0.2, -0.15) is 0 Å². The van der Waals surface area contributed by atoms with Crippen LogP contribution in [0.25, 0.3) is 0 Å². The van der Waals surface area contributed by atoms with Gasteiger partial charge in [0, 0.05) is 6.61 Å². The van der Waals surface area contributed by atoms with Crippen LogP contribution in [-0.2, 0) is 0 Å². The normalized spacial score (nSPS) is 58.6. The Bertz CT molecular complexity index is 490. The molecule has 0 amide bonds. The number of aliphatic hydroxyl groups excluding tert-OH is 1. The monoisotopic (exact) mass is 320 g/mol. The van der Waals surface area contributed by atoms with Gasteiger partial charge in [-0.1, -0.05) is 27.2 Å². The highest BCUT2D eigenvalue weighted by atomic mass is 16.3. The summed E-state index contributed by atoms with van der Waals surface area (Å²) in [4.78, 5) is 0. The van der Waals surface area contributed by atoms with Crippen molar-refractivity contribution < 1.29 is 10.2 Å². The van der Waals surface area contributed by atoms with Crippen molar-refractivity contribution in [2.45, 2.75) is 90.6 Å². The summed E-state index contributed by atoms with van der Waals surface area (Å²) in [6.07, 6.45) is 12.2. The Morgan fingerprint density at radius 3 is 2.43 bits per heavy atom. The van der Waals surface area contributed by atoms with Crippen LogP contribution in [0.5, 0.6) is 0 Å². The lowest BCUT2D eigenvalue weighted by atomic mass is 9.35. The van der Waals surface area contributed by atoms with Crippen LogP contribution < -0.4 is 0 Å². The molecule has 0 radical (unpaired) electrons. The third-order valence-electron chi connectivity index (χ3n) is 9.47. The zero-order valence-corrected chi connectivity index (χ0v) is 15.4. The summed E-state index contributed by atoms with van der Waals surface area (Å²) < 4.78 is 0. The maximum atomic E-state index is 11.2. The second-order valence-electron chi connectivity index (χ2n) is 10.3. The molecule has 0 unspecified atom stereocenters. The molecule has 0 aromatic rings. The van der Waals surface area contributed by atoms with E-state index in [2.05, 4.69) is 20.8 Å². The highest BCUT2D eigenvalue weighted by molar-refractivity contribution is 5.16. The Hall–Kier alpha value is -0.0800. The Morgan fingerprint density at radius 2 is 1.74 bits per heavy atom. The number of rotatable bonds is 2. The number of fused-ring (bicyclic) bond motifs is 3. The molecule has 5 aliphatic carbocycles. The minimum absolute atomic E-state index is 0.131. The molecule has 5 fully saturated rings. The van der Waals surface area contributed by atoms with E-state index in [0.717, 1.165) is 18.8 Å². The van der Waals surface area contributed by atoms with Gasteiger partial charge in [-0.3, -0.25) is 0 Å². The van der Waals surface area contributed by atoms with Gasteiger partial charge in [0.25, 0.3) is 0 Å². The molecule has 2 bridgehead atoms. The van der Waals surface area contributed by atoms with Gasteiger partial charge in [-0.25, -0.2) is 0 Å². The average Bonchev–Trinajstić information content (AvgIpc) is 2.54. The molecule has 5 saturated carbocycles. The van der Waals surface area contributed by atoms with Crippen LogP contribution in [0.1, 0.15) is 85.0 Å². The van der Waals surface area contributed by atoms with Gasteiger partial charge in [0.05, 0.1) is 5.60 Å². The maximum Gasteiger partial charge on any atom is 0.0678 e. The van der Waals surface area contributed by atoms with Gasteiger partial charge in [-0.15, -0.1) is 0 Å². The van der Waals surface area contributed by atoms with Crippen molar-refractivity contribution in [1.29, 1.82) is 0 Å². The average molecular weight is 321 g/mol. The van der Waals surface area contributed by atoms with E-state index in [1.54, 1.807) is 0 Å². The van der Waals surface area contributed by atoms with E-state index < -0.39 is 0 Å². The molecule has 7 atom stereocenters. The van der Waals surface area contributed by atoms with E-state index in [1.165, 1.54) is 51.4 Å². The van der Waals surface area contributed by atoms with Crippen molar-refractivity contribution in [3.63, 3.8) is 0 Å². The molecule has 132 valence electrons. The van der Waals surface area contributed by atoms with E-state index in [1.807, 2.05) is 0 Å². The topological polar surface area (TPSA) is 40.5 Å². The fraction of sp³-hybridized carbons (Fsp3) is 1.00. The first-order valence-electron chi connectivity index (χ1n) is 10.2. The first-order chi connectivity index (χ1) is 10.8. The van der Waals surface area contributed by atoms with Crippen LogP contribution in [0.15, 0.2) is 0 Å². The lowest BCUT2D eigenvalue weighted by Gasteiger charge is -2.70. The van der Waals surface area contributed by atoms with E-state index in [4.69, 9.17) is 0 Å². The molecule has 23 heavy (non-hydrogen) atoms. The summed E-state index contributed by atoms with van der Waals surface area (Å²) in [5.41, 5.74) is 0.541. The number of hydrogen-bond donors (Lipinski definition) is 2. The second-order valence-corrected chi connectivity index (χ2v) is 10.3. The largest absolute Gasteiger partial charge is 0.396 e. The lowest BCUT2D eigenvalue weighted by Crippen LogP contribution is -2.65. The zero-order chi connectivity index (χ0) is 16.5. The molecule has 0 aromatic heterocycles. The van der Waals surface area contributed by atoms with Crippen LogP contribution in [0.3, 0.4) is 0 Å². The number of hydrogen-bond acceptors (Lipinski definition) is 2. The third kappa shape index (κ3) is 2.00. The predicted molar refractivity (Wildman–Crippen MR) is 93.0 cm³/mol. The zero-order valence-electron chi connectivity index (χ0n) is 15.4. The fourth-order valence-corrected chi connectivity index (χ4v) is 8.25. The Balaban J connectivity index is 1.71. The van der Waals surface area contributed by atoms with Crippen molar-refractivity contribution in [2.75, 3.05) is 6.61 Å². The van der Waals surface area contributed by atoms with Gasteiger partial charge >= 0.3 is 0 Å². The maximum absolute atomic E-state index is 11.2. The van der Waals surface area contributed by atoms with Crippen molar-refractivity contribution in [3.05, 3.63) is 0 Å². The fourth-order valence-electron chi connectivity index (χ4n) is 8.25. The van der Waals surface area contributed by atoms with Crippen molar-refractivity contribution in [3.8, 4) is 0 Å². The first kappa shape index (κ1) is 16.4. The van der Waals surface area contributed by atoms with Crippen LogP contribution >= 0.6 is 0 Å². The van der Waals surface area contributed by atoms with Crippen LogP contribution in [0.4, 0.5) is 0 Å². The minimum atomic E-state index is -0.382. The van der Waals surface area contributed by atoms with E-state index in [-0.39, 0.29) is 11.0 Å². The summed E-state index contributed by atoms with van der Waals surface area (Å²) in [6, 6.07) is 0. The van der Waals surface area contributed by atoms with Crippen molar-refractivity contribution >= 4 is 0 Å². The summed E-state index contributed by atoms with van der Waals surface area (Å²) in [5, 5.41) is 21.3. The molecule has 2 heteroatoms. The SMILES string of the molecule is CC[C@@]1(O)C[C@]23CC[C@@H]1C[C@H]2[C@]1(C)CCC[C@@](C)(CO)[C@H]1CC3. The van der Waals surface area contributed by atoms with Crippen LogP contribution in [-0.4, -0.2) is 22.4 Å². The molecule has 5 rings (SSSR count). The highest BCUT2D eigenvalue weighted by Gasteiger charge is 2.66. The van der Waals surface area contributed by atoms with E-state index >= 15 is 0 Å². The van der Waals surface area contributed by atoms with Gasteiger partial charge in [0.15, 0.2) is 0 Å². The number of aliphatic hydroxyl groups is 2. The summed E-state index contributed by atoms with van der Waals surface area (Å²) in [7, 11) is 0. The standard InChI is InChI=1S/C21H36O2/c1-4-21(23)13-20-10-6-15(21)12-17(20)19(3)9-5-8-18(2,14-22)16(19)7-11-20/h15-17,22-23H,4-14H2,1-3H3/t15-,16-,17+,18+,19-,20-,21-/m1/s1. The van der Waals surface area contributed by atoms with Gasteiger partial charge in [0.2, 0.25) is 0 Å². The highest BCUT2D eigenvalue weighted by Crippen LogP contribution is 2.72. The first-order valence-corrected chi connectivity index (χ1v) is 10.2. The molecule has 0 heterocycles. The predicted octanol–water partition coefficient (Wildman–Crippen LogP) is 4.53. The third-order valence-corrected chi connectivity index (χ3v) is 9.47. The van der Waals surface area contributed by atoms with Crippen molar-refractivity contribution in [1.82, 2.24) is 0 Å². The Labute approximate surface area is 142 Å². The van der Waals surface area contributed by atoms with Crippen molar-refractivity contribution in [2.24, 2.45) is 34.0 Å². The lowest BCUT2D eigenvalue weighted by molar-refractivity contribution is -0.239. The second kappa shape index (κ2) is 4.97. The van der Waals surface area contributed by atoms with E-state index in [9.17, 15) is 10.2 Å². The Kier molecular flexibility index (Phi) is 3.54.